The van der Waals surface area contributed by atoms with E-state index in [9.17, 15) is 8.78 Å². The van der Waals surface area contributed by atoms with Gasteiger partial charge in [-0.05, 0) is 43.5 Å². The zero-order valence-corrected chi connectivity index (χ0v) is 18.9. The molecule has 29 heavy (non-hydrogen) atoms. The molecular formula is C20H29F2IN6. The molecule has 1 aliphatic heterocycles. The van der Waals surface area contributed by atoms with Crippen LogP contribution < -0.4 is 10.6 Å². The van der Waals surface area contributed by atoms with Gasteiger partial charge in [0, 0.05) is 38.1 Å². The summed E-state index contributed by atoms with van der Waals surface area (Å²) in [6.45, 7) is 4.59. The fourth-order valence-electron chi connectivity index (χ4n) is 3.36. The molecule has 1 aromatic carbocycles. The van der Waals surface area contributed by atoms with Crippen molar-refractivity contribution in [3.63, 3.8) is 0 Å². The number of halogens is 3. The molecule has 6 nitrogen and oxygen atoms in total. The van der Waals surface area contributed by atoms with Gasteiger partial charge in [-0.1, -0.05) is 12.1 Å². The maximum Gasteiger partial charge on any atom is 0.251 e. The molecule has 0 aliphatic carbocycles. The number of hydrogen-bond donors (Lipinski definition) is 2. The summed E-state index contributed by atoms with van der Waals surface area (Å²) < 4.78 is 26.9. The van der Waals surface area contributed by atoms with Crippen LogP contribution in [0.4, 0.5) is 8.78 Å². The molecule has 2 heterocycles. The molecule has 9 heteroatoms. The number of nitrogens with zero attached hydrogens (tertiary/aromatic N) is 4. The quantitative estimate of drug-likeness (QED) is 0.336. The molecule has 1 fully saturated rings. The molecule has 0 spiro atoms. The number of alkyl halides is 2. The number of likely N-dealkylation sites (tertiary alicyclic amines) is 1. The highest BCUT2D eigenvalue weighted by Gasteiger charge is 2.21. The van der Waals surface area contributed by atoms with E-state index in [4.69, 9.17) is 4.99 Å². The van der Waals surface area contributed by atoms with Gasteiger partial charge < -0.3 is 10.6 Å². The van der Waals surface area contributed by atoms with Gasteiger partial charge in [0.1, 0.15) is 0 Å². The van der Waals surface area contributed by atoms with E-state index in [0.29, 0.717) is 19.6 Å². The maximum atomic E-state index is 12.5. The summed E-state index contributed by atoms with van der Waals surface area (Å²) in [4.78, 5) is 6.53. The summed E-state index contributed by atoms with van der Waals surface area (Å²) in [6.07, 6.45) is 3.08. The van der Waals surface area contributed by atoms with Crippen molar-refractivity contribution in [2.45, 2.75) is 38.8 Å². The molecule has 160 valence electrons. The Morgan fingerprint density at radius 1 is 1.28 bits per heavy atom. The molecule has 2 N–H and O–H groups in total. The second-order valence-electron chi connectivity index (χ2n) is 6.93. The highest BCUT2D eigenvalue weighted by Crippen LogP contribution is 2.13. The molecule has 1 aromatic heterocycles. The smallest absolute Gasteiger partial charge is 0.251 e. The third-order valence-electron chi connectivity index (χ3n) is 4.77. The first kappa shape index (κ1) is 23.5. The summed E-state index contributed by atoms with van der Waals surface area (Å²) in [5.74, 6) is 0.763. The van der Waals surface area contributed by atoms with Crippen molar-refractivity contribution in [3.05, 3.63) is 48.3 Å². The number of guanidine groups is 1. The van der Waals surface area contributed by atoms with E-state index in [1.54, 1.807) is 6.20 Å². The minimum atomic E-state index is -2.26. The molecular weight excluding hydrogens is 489 g/mol. The Hall–Kier alpha value is -1.75. The number of benzene rings is 1. The van der Waals surface area contributed by atoms with Crippen LogP contribution >= 0.6 is 24.0 Å². The molecule has 0 bridgehead atoms. The summed E-state index contributed by atoms with van der Waals surface area (Å²) in [5.41, 5.74) is 2.10. The van der Waals surface area contributed by atoms with Crippen LogP contribution in [0.3, 0.4) is 0 Å². The first-order valence-corrected chi connectivity index (χ1v) is 9.78. The fourth-order valence-corrected chi connectivity index (χ4v) is 3.36. The molecule has 0 saturated carbocycles. The SMILES string of the molecule is CCNC(=NCc1cccc(-n2cccn2)c1)NC1CCN(CC(F)F)CC1.I. The molecule has 0 radical (unpaired) electrons. The van der Waals surface area contributed by atoms with E-state index in [1.165, 1.54) is 0 Å². The monoisotopic (exact) mass is 518 g/mol. The average Bonchev–Trinajstić information content (AvgIpc) is 3.22. The van der Waals surface area contributed by atoms with Crippen LogP contribution in [-0.2, 0) is 6.54 Å². The number of aromatic nitrogens is 2. The van der Waals surface area contributed by atoms with Crippen molar-refractivity contribution in [1.82, 2.24) is 25.3 Å². The van der Waals surface area contributed by atoms with E-state index in [-0.39, 0.29) is 36.6 Å². The highest BCUT2D eigenvalue weighted by atomic mass is 127. The van der Waals surface area contributed by atoms with Crippen molar-refractivity contribution in [1.29, 1.82) is 0 Å². The van der Waals surface area contributed by atoms with Crippen molar-refractivity contribution in [2.24, 2.45) is 4.99 Å². The molecule has 1 aliphatic rings. The van der Waals surface area contributed by atoms with Crippen LogP contribution in [0.25, 0.3) is 5.69 Å². The minimum Gasteiger partial charge on any atom is -0.357 e. The lowest BCUT2D eigenvalue weighted by molar-refractivity contribution is 0.0744. The lowest BCUT2D eigenvalue weighted by Gasteiger charge is -2.32. The van der Waals surface area contributed by atoms with E-state index in [0.717, 1.165) is 36.6 Å². The minimum absolute atomic E-state index is 0. The van der Waals surface area contributed by atoms with Crippen molar-refractivity contribution in [2.75, 3.05) is 26.2 Å². The normalized spacial score (nSPS) is 15.9. The van der Waals surface area contributed by atoms with E-state index < -0.39 is 6.43 Å². The van der Waals surface area contributed by atoms with Gasteiger partial charge in [0.05, 0.1) is 18.8 Å². The molecule has 3 rings (SSSR count). The van der Waals surface area contributed by atoms with Crippen LogP contribution in [0.15, 0.2) is 47.7 Å². The largest absolute Gasteiger partial charge is 0.357 e. The molecule has 0 atom stereocenters. The van der Waals surface area contributed by atoms with Gasteiger partial charge in [-0.2, -0.15) is 5.10 Å². The number of rotatable bonds is 7. The van der Waals surface area contributed by atoms with Crippen LogP contribution in [0.5, 0.6) is 0 Å². The lowest BCUT2D eigenvalue weighted by Crippen LogP contribution is -2.49. The molecule has 0 unspecified atom stereocenters. The standard InChI is InChI=1S/C20H28F2N6.HI/c1-2-23-20(26-17-7-11-27(12-8-17)15-19(21)22)24-14-16-5-3-6-18(13-16)28-10-4-9-25-28;/h3-6,9-10,13,17,19H,2,7-8,11-12,14-15H2,1H3,(H2,23,24,26);1H. The first-order chi connectivity index (χ1) is 13.6. The fraction of sp³-hybridized carbons (Fsp3) is 0.500. The van der Waals surface area contributed by atoms with Gasteiger partial charge >= 0.3 is 0 Å². The van der Waals surface area contributed by atoms with Gasteiger partial charge in [-0.15, -0.1) is 24.0 Å². The van der Waals surface area contributed by atoms with E-state index in [1.807, 2.05) is 47.0 Å². The summed E-state index contributed by atoms with van der Waals surface area (Å²) in [5, 5.41) is 11.0. The van der Waals surface area contributed by atoms with Gasteiger partial charge in [0.15, 0.2) is 5.96 Å². The Morgan fingerprint density at radius 3 is 2.72 bits per heavy atom. The van der Waals surface area contributed by atoms with Gasteiger partial charge in [0.25, 0.3) is 6.43 Å². The van der Waals surface area contributed by atoms with Gasteiger partial charge in [0.2, 0.25) is 0 Å². The predicted molar refractivity (Wildman–Crippen MR) is 122 cm³/mol. The van der Waals surface area contributed by atoms with Crippen molar-refractivity contribution < 1.29 is 8.78 Å². The summed E-state index contributed by atoms with van der Waals surface area (Å²) in [6, 6.07) is 10.3. The molecule has 1 saturated heterocycles. The van der Waals surface area contributed by atoms with Gasteiger partial charge in [-0.25, -0.2) is 18.5 Å². The van der Waals surface area contributed by atoms with Crippen LogP contribution in [-0.4, -0.2) is 59.3 Å². The Kier molecular flexibility index (Phi) is 9.79. The second kappa shape index (κ2) is 12.1. The number of piperidine rings is 1. The van der Waals surface area contributed by atoms with Crippen molar-refractivity contribution >= 4 is 29.9 Å². The average molecular weight is 518 g/mol. The predicted octanol–water partition coefficient (Wildman–Crippen LogP) is 3.27. The van der Waals surface area contributed by atoms with Crippen LogP contribution in [0.2, 0.25) is 0 Å². The molecule has 0 amide bonds. The summed E-state index contributed by atoms with van der Waals surface area (Å²) >= 11 is 0. The lowest BCUT2D eigenvalue weighted by atomic mass is 10.1. The zero-order valence-electron chi connectivity index (χ0n) is 16.6. The zero-order chi connectivity index (χ0) is 19.8. The summed E-state index contributed by atoms with van der Waals surface area (Å²) in [7, 11) is 0. The second-order valence-corrected chi connectivity index (χ2v) is 6.93. The highest BCUT2D eigenvalue weighted by molar-refractivity contribution is 14.0. The Labute approximate surface area is 187 Å². The third-order valence-corrected chi connectivity index (χ3v) is 4.77. The third kappa shape index (κ3) is 7.54. The Morgan fingerprint density at radius 2 is 2.07 bits per heavy atom. The van der Waals surface area contributed by atoms with E-state index in [2.05, 4.69) is 21.8 Å². The Balaban J connectivity index is 0.00000300. The maximum absolute atomic E-state index is 12.5. The van der Waals surface area contributed by atoms with E-state index >= 15 is 0 Å². The first-order valence-electron chi connectivity index (χ1n) is 9.78. The van der Waals surface area contributed by atoms with Crippen molar-refractivity contribution in [3.8, 4) is 5.69 Å². The molecule has 2 aromatic rings. The Bertz CT molecular complexity index is 745. The number of hydrogen-bond acceptors (Lipinski definition) is 3. The number of nitrogens with one attached hydrogen (secondary N) is 2. The van der Waals surface area contributed by atoms with Crippen LogP contribution in [0, 0.1) is 0 Å². The topological polar surface area (TPSA) is 57.5 Å². The van der Waals surface area contributed by atoms with Crippen LogP contribution in [0.1, 0.15) is 25.3 Å². The number of aliphatic imine (C=N–C) groups is 1. The van der Waals surface area contributed by atoms with Gasteiger partial charge in [-0.3, -0.25) is 4.90 Å².